The van der Waals surface area contributed by atoms with E-state index in [0.29, 0.717) is 13.1 Å². The number of aryl methyl sites for hydroxylation is 1. The maximum Gasteiger partial charge on any atom is 0.243 e. The number of rotatable bonds is 13. The van der Waals surface area contributed by atoms with Crippen molar-refractivity contribution in [2.24, 2.45) is 0 Å². The molecular weight excluding hydrogens is 400 g/mol. The van der Waals surface area contributed by atoms with E-state index in [1.807, 2.05) is 36.1 Å². The molecule has 0 saturated carbocycles. The number of fused-ring (bicyclic) bond motifs is 1. The summed E-state index contributed by atoms with van der Waals surface area (Å²) in [7, 11) is 0. The number of nitrogens with one attached hydrogen (secondary N) is 1. The summed E-state index contributed by atoms with van der Waals surface area (Å²) in [5.41, 5.74) is 1.95. The number of benzene rings is 1. The summed E-state index contributed by atoms with van der Waals surface area (Å²) in [6.45, 7) is 11.4. The van der Waals surface area contributed by atoms with Crippen LogP contribution in [-0.2, 0) is 22.6 Å². The van der Waals surface area contributed by atoms with Crippen molar-refractivity contribution in [1.29, 1.82) is 0 Å². The zero-order chi connectivity index (χ0) is 23.5. The second-order valence-electron chi connectivity index (χ2n) is 8.52. The molecule has 1 aromatic carbocycles. The standard InChI is InChI=1S/C26H40N4O2/c1-6-14-25(31)27-18-13-9-10-17-24-28-22-15-11-12-16-23(22)29(24)19-26(32)30(20(4)7-2)21(5)8-3/h6,11-12,14-16,20-21H,7-10,13,17-19H2,1-5H3,(H,27,31)/b14-6+. The highest BCUT2D eigenvalue weighted by atomic mass is 16.2. The number of nitrogens with zero attached hydrogens (tertiary/aromatic N) is 3. The van der Waals surface area contributed by atoms with Gasteiger partial charge in [0, 0.05) is 25.0 Å². The molecule has 2 aromatic rings. The Hall–Kier alpha value is -2.63. The van der Waals surface area contributed by atoms with E-state index in [1.165, 1.54) is 0 Å². The molecule has 2 unspecified atom stereocenters. The molecule has 176 valence electrons. The first kappa shape index (κ1) is 25.6. The highest BCUT2D eigenvalue weighted by Crippen LogP contribution is 2.20. The molecule has 0 aliphatic heterocycles. The summed E-state index contributed by atoms with van der Waals surface area (Å²) in [5.74, 6) is 1.08. The molecule has 0 aliphatic carbocycles. The van der Waals surface area contributed by atoms with Crippen LogP contribution >= 0.6 is 0 Å². The van der Waals surface area contributed by atoms with Gasteiger partial charge in [0.15, 0.2) is 0 Å². The number of imidazole rings is 1. The average molecular weight is 441 g/mol. The zero-order valence-electron chi connectivity index (χ0n) is 20.4. The molecule has 6 nitrogen and oxygen atoms in total. The monoisotopic (exact) mass is 440 g/mol. The van der Waals surface area contributed by atoms with E-state index >= 15 is 0 Å². The Bertz CT molecular complexity index is 892. The number of carbonyl (C=O) groups excluding carboxylic acids is 2. The lowest BCUT2D eigenvalue weighted by atomic mass is 10.1. The third-order valence-corrected chi connectivity index (χ3v) is 6.14. The quantitative estimate of drug-likeness (QED) is 0.357. The van der Waals surface area contributed by atoms with E-state index in [2.05, 4.69) is 37.6 Å². The Labute approximate surface area is 193 Å². The molecule has 0 saturated heterocycles. The molecule has 32 heavy (non-hydrogen) atoms. The number of unbranched alkanes of at least 4 members (excludes halogenated alkanes) is 2. The topological polar surface area (TPSA) is 67.2 Å². The number of aromatic nitrogens is 2. The van der Waals surface area contributed by atoms with Gasteiger partial charge >= 0.3 is 0 Å². The first-order chi connectivity index (χ1) is 15.4. The number of hydrogen-bond acceptors (Lipinski definition) is 3. The second-order valence-corrected chi connectivity index (χ2v) is 8.52. The van der Waals surface area contributed by atoms with E-state index in [4.69, 9.17) is 4.98 Å². The number of amides is 2. The van der Waals surface area contributed by atoms with E-state index in [9.17, 15) is 9.59 Å². The van der Waals surface area contributed by atoms with Gasteiger partial charge in [-0.15, -0.1) is 0 Å². The van der Waals surface area contributed by atoms with Crippen LogP contribution in [0.3, 0.4) is 0 Å². The Morgan fingerprint density at radius 1 is 1.09 bits per heavy atom. The molecular formula is C26H40N4O2. The van der Waals surface area contributed by atoms with Gasteiger partial charge in [-0.1, -0.05) is 38.5 Å². The lowest BCUT2D eigenvalue weighted by Gasteiger charge is -2.34. The molecule has 6 heteroatoms. The van der Waals surface area contributed by atoms with Crippen molar-refractivity contribution in [2.75, 3.05) is 6.54 Å². The third-order valence-electron chi connectivity index (χ3n) is 6.14. The smallest absolute Gasteiger partial charge is 0.243 e. The minimum Gasteiger partial charge on any atom is -0.353 e. The molecule has 0 radical (unpaired) electrons. The van der Waals surface area contributed by atoms with Crippen molar-refractivity contribution in [3.63, 3.8) is 0 Å². The Morgan fingerprint density at radius 2 is 1.78 bits per heavy atom. The van der Waals surface area contributed by atoms with Crippen LogP contribution in [0.4, 0.5) is 0 Å². The summed E-state index contributed by atoms with van der Waals surface area (Å²) < 4.78 is 2.10. The number of allylic oxidation sites excluding steroid dienone is 1. The molecule has 1 heterocycles. The van der Waals surface area contributed by atoms with E-state index in [0.717, 1.165) is 55.4 Å². The fourth-order valence-electron chi connectivity index (χ4n) is 4.04. The van der Waals surface area contributed by atoms with Gasteiger partial charge in [-0.05, 0) is 64.7 Å². The molecule has 2 rings (SSSR count). The number of carbonyl (C=O) groups is 2. The first-order valence-electron chi connectivity index (χ1n) is 12.1. The van der Waals surface area contributed by atoms with Gasteiger partial charge in [-0.2, -0.15) is 0 Å². The summed E-state index contributed by atoms with van der Waals surface area (Å²) in [5, 5.41) is 2.89. The number of hydrogen-bond donors (Lipinski definition) is 1. The summed E-state index contributed by atoms with van der Waals surface area (Å²) in [4.78, 5) is 31.7. The minimum atomic E-state index is -0.0417. The fraction of sp³-hybridized carbons (Fsp3) is 0.577. The normalized spacial score (nSPS) is 13.4. The van der Waals surface area contributed by atoms with Gasteiger partial charge in [0.25, 0.3) is 0 Å². The van der Waals surface area contributed by atoms with E-state index in [-0.39, 0.29) is 23.9 Å². The lowest BCUT2D eigenvalue weighted by Crippen LogP contribution is -2.45. The second kappa shape index (κ2) is 13.0. The van der Waals surface area contributed by atoms with Gasteiger partial charge in [-0.25, -0.2) is 4.98 Å². The van der Waals surface area contributed by atoms with E-state index < -0.39 is 0 Å². The molecule has 2 amide bonds. The number of para-hydroxylation sites is 2. The predicted molar refractivity (Wildman–Crippen MR) is 131 cm³/mol. The lowest BCUT2D eigenvalue weighted by molar-refractivity contribution is -0.136. The van der Waals surface area contributed by atoms with Crippen LogP contribution in [0.1, 0.15) is 72.5 Å². The van der Waals surface area contributed by atoms with Crippen LogP contribution in [0.2, 0.25) is 0 Å². The van der Waals surface area contributed by atoms with Crippen molar-refractivity contribution >= 4 is 22.8 Å². The summed E-state index contributed by atoms with van der Waals surface area (Å²) >= 11 is 0. The zero-order valence-corrected chi connectivity index (χ0v) is 20.4. The highest BCUT2D eigenvalue weighted by Gasteiger charge is 2.25. The Kier molecular flexibility index (Phi) is 10.4. The van der Waals surface area contributed by atoms with Crippen molar-refractivity contribution in [3.05, 3.63) is 42.2 Å². The molecule has 1 aromatic heterocycles. The van der Waals surface area contributed by atoms with Crippen LogP contribution in [0, 0.1) is 0 Å². The van der Waals surface area contributed by atoms with Crippen LogP contribution in [0.5, 0.6) is 0 Å². The van der Waals surface area contributed by atoms with Crippen LogP contribution in [0.15, 0.2) is 36.4 Å². The van der Waals surface area contributed by atoms with Gasteiger partial charge in [-0.3, -0.25) is 9.59 Å². The van der Waals surface area contributed by atoms with Gasteiger partial charge in [0.2, 0.25) is 11.8 Å². The van der Waals surface area contributed by atoms with Crippen LogP contribution < -0.4 is 5.32 Å². The molecule has 0 fully saturated rings. The molecule has 0 spiro atoms. The molecule has 0 aliphatic rings. The molecule has 1 N–H and O–H groups in total. The Morgan fingerprint density at radius 3 is 2.44 bits per heavy atom. The van der Waals surface area contributed by atoms with Gasteiger partial charge in [0.1, 0.15) is 12.4 Å². The van der Waals surface area contributed by atoms with Gasteiger partial charge in [0.05, 0.1) is 11.0 Å². The summed E-state index contributed by atoms with van der Waals surface area (Å²) in [6, 6.07) is 8.48. The maximum atomic E-state index is 13.4. The highest BCUT2D eigenvalue weighted by molar-refractivity contribution is 5.87. The third kappa shape index (κ3) is 6.94. The van der Waals surface area contributed by atoms with Gasteiger partial charge < -0.3 is 14.8 Å². The molecule has 2 atom stereocenters. The van der Waals surface area contributed by atoms with Crippen molar-refractivity contribution < 1.29 is 9.59 Å². The predicted octanol–water partition coefficient (Wildman–Crippen LogP) is 4.87. The maximum absolute atomic E-state index is 13.4. The summed E-state index contributed by atoms with van der Waals surface area (Å²) in [6.07, 6.45) is 8.88. The van der Waals surface area contributed by atoms with Crippen LogP contribution in [-0.4, -0.2) is 44.9 Å². The SMILES string of the molecule is C/C=C/C(=O)NCCCCCc1nc2ccccc2n1CC(=O)N(C(C)CC)C(C)CC. The largest absolute Gasteiger partial charge is 0.353 e. The van der Waals surface area contributed by atoms with Crippen molar-refractivity contribution in [2.45, 2.75) is 91.8 Å². The van der Waals surface area contributed by atoms with E-state index in [1.54, 1.807) is 12.2 Å². The van der Waals surface area contributed by atoms with Crippen LogP contribution in [0.25, 0.3) is 11.0 Å². The van der Waals surface area contributed by atoms with Crippen molar-refractivity contribution in [1.82, 2.24) is 19.8 Å². The minimum absolute atomic E-state index is 0.0417. The fourth-order valence-corrected chi connectivity index (χ4v) is 4.04. The average Bonchev–Trinajstić information content (AvgIpc) is 3.13. The first-order valence-corrected chi connectivity index (χ1v) is 12.1. The molecule has 0 bridgehead atoms. The Balaban J connectivity index is 2.08. The van der Waals surface area contributed by atoms with Crippen molar-refractivity contribution in [3.8, 4) is 0 Å².